The zero-order valence-corrected chi connectivity index (χ0v) is 37.2. The summed E-state index contributed by atoms with van der Waals surface area (Å²) >= 11 is 0. The number of carbonyl (C=O) groups excluding carboxylic acids is 5. The number of carbonyl (C=O) groups is 6. The number of aromatic amines is 1. The second kappa shape index (κ2) is 24.7. The molecule has 0 aliphatic heterocycles. The van der Waals surface area contributed by atoms with Gasteiger partial charge in [0.1, 0.15) is 44.3 Å². The quantitative estimate of drug-likeness (QED) is 0.0253. The molecule has 354 valence electrons. The Labute approximate surface area is 384 Å². The Morgan fingerprint density at radius 3 is 1.84 bits per heavy atom. The van der Waals surface area contributed by atoms with Gasteiger partial charge in [0, 0.05) is 25.2 Å². The molecule has 0 spiro atoms. The zero-order valence-electron chi connectivity index (χ0n) is 37.2. The van der Waals surface area contributed by atoms with Gasteiger partial charge < -0.3 is 43.8 Å². The Morgan fingerprint density at radius 1 is 0.776 bits per heavy atom. The van der Waals surface area contributed by atoms with Gasteiger partial charge in [-0.1, -0.05) is 91.0 Å². The third-order valence-electron chi connectivity index (χ3n) is 9.32. The molecule has 67 heavy (non-hydrogen) atoms. The molecule has 6 N–H and O–H groups in total. The van der Waals surface area contributed by atoms with Crippen molar-refractivity contribution in [1.29, 1.82) is 0 Å². The van der Waals surface area contributed by atoms with Gasteiger partial charge in [-0.15, -0.1) is 0 Å². The number of aliphatic imine (C=N–C) groups is 1. The van der Waals surface area contributed by atoms with Gasteiger partial charge in [-0.2, -0.15) is 0 Å². The van der Waals surface area contributed by atoms with E-state index in [2.05, 4.69) is 36.2 Å². The average molecular weight is 924 g/mol. The first kappa shape index (κ1) is 49.8. The first-order valence-corrected chi connectivity index (χ1v) is 21.1. The van der Waals surface area contributed by atoms with Crippen LogP contribution in [0.5, 0.6) is 0 Å². The van der Waals surface area contributed by atoms with E-state index in [1.165, 1.54) is 17.0 Å². The Kier molecular flexibility index (Phi) is 18.4. The average Bonchev–Trinajstić information content (AvgIpc) is 3.69. The highest BCUT2D eigenvalue weighted by atomic mass is 16.6. The maximum absolute atomic E-state index is 13.9. The summed E-state index contributed by atoms with van der Waals surface area (Å²) in [4.78, 5) is 102. The highest BCUT2D eigenvalue weighted by molar-refractivity contribution is 6.01. The van der Waals surface area contributed by atoms with Crippen LogP contribution >= 0.6 is 0 Å². The van der Waals surface area contributed by atoms with Crippen molar-refractivity contribution in [2.45, 2.75) is 78.0 Å². The van der Waals surface area contributed by atoms with Crippen LogP contribution in [0.1, 0.15) is 56.7 Å². The molecule has 21 nitrogen and oxygen atoms in total. The Morgan fingerprint density at radius 2 is 1.31 bits per heavy atom. The van der Waals surface area contributed by atoms with E-state index in [0.717, 1.165) is 21.6 Å². The number of rotatable bonds is 19. The number of amides is 5. The van der Waals surface area contributed by atoms with Crippen LogP contribution in [0.3, 0.4) is 0 Å². The summed E-state index contributed by atoms with van der Waals surface area (Å²) in [7, 11) is 0. The van der Waals surface area contributed by atoms with Crippen molar-refractivity contribution in [3.63, 3.8) is 0 Å². The first-order chi connectivity index (χ1) is 32.1. The number of anilines is 1. The predicted molar refractivity (Wildman–Crippen MR) is 244 cm³/mol. The lowest BCUT2D eigenvalue weighted by molar-refractivity contribution is -0.145. The Hall–Kier alpha value is -8.23. The van der Waals surface area contributed by atoms with E-state index < -0.39 is 66.5 Å². The number of aliphatic carboxylic acids is 1. The van der Waals surface area contributed by atoms with E-state index in [4.69, 9.17) is 18.9 Å². The molecule has 0 saturated carbocycles. The van der Waals surface area contributed by atoms with E-state index >= 15 is 0 Å². The summed E-state index contributed by atoms with van der Waals surface area (Å²) in [6.07, 6.45) is -1.32. The van der Waals surface area contributed by atoms with Gasteiger partial charge in [-0.3, -0.25) is 35.3 Å². The van der Waals surface area contributed by atoms with E-state index in [1.54, 1.807) is 93.6 Å². The summed E-state index contributed by atoms with van der Waals surface area (Å²) in [6.45, 7) is 3.47. The zero-order chi connectivity index (χ0) is 48.2. The number of ether oxygens (including phenoxy) is 4. The van der Waals surface area contributed by atoms with Crippen LogP contribution in [-0.2, 0) is 54.9 Å². The molecular formula is C46H53N9O12. The second-order valence-electron chi connectivity index (χ2n) is 15.9. The van der Waals surface area contributed by atoms with Crippen molar-refractivity contribution in [2.24, 2.45) is 4.99 Å². The predicted octanol–water partition coefficient (Wildman–Crippen LogP) is 5.66. The minimum atomic E-state index is -1.33. The van der Waals surface area contributed by atoms with Crippen molar-refractivity contribution in [3.05, 3.63) is 130 Å². The number of carboxylic acid groups (broad SMARTS) is 1. The number of hydrogen-bond acceptors (Lipinski definition) is 13. The van der Waals surface area contributed by atoms with Gasteiger partial charge in [-0.05, 0) is 56.7 Å². The Balaban J connectivity index is 1.25. The number of imidazole rings is 1. The number of fused-ring (bicyclic) bond motifs is 1. The third-order valence-corrected chi connectivity index (χ3v) is 9.32. The van der Waals surface area contributed by atoms with Crippen molar-refractivity contribution in [1.82, 2.24) is 35.4 Å². The highest BCUT2D eigenvalue weighted by Crippen LogP contribution is 2.16. The number of pyridine rings is 1. The molecule has 0 bridgehead atoms. The minimum Gasteiger partial charge on any atom is -0.480 e. The fourth-order valence-electron chi connectivity index (χ4n) is 6.26. The van der Waals surface area contributed by atoms with Gasteiger partial charge in [-0.25, -0.2) is 24.2 Å². The molecule has 3 aromatic carbocycles. The fraction of sp³-hybridized carbons (Fsp3) is 0.326. The molecule has 0 aliphatic rings. The number of nitrogens with one attached hydrogen (secondary N) is 5. The fourth-order valence-corrected chi connectivity index (χ4v) is 6.26. The van der Waals surface area contributed by atoms with E-state index in [-0.39, 0.29) is 62.1 Å². The molecular weight excluding hydrogens is 871 g/mol. The first-order valence-electron chi connectivity index (χ1n) is 21.1. The van der Waals surface area contributed by atoms with Crippen LogP contribution in [-0.4, -0.2) is 98.0 Å². The van der Waals surface area contributed by atoms with Crippen LogP contribution in [0.4, 0.5) is 25.0 Å². The summed E-state index contributed by atoms with van der Waals surface area (Å²) in [5, 5.41) is 19.9. The van der Waals surface area contributed by atoms with E-state index in [0.29, 0.717) is 12.8 Å². The summed E-state index contributed by atoms with van der Waals surface area (Å²) < 4.78 is 22.6. The SMILES string of the molecule is CC(C)(C)OC(=O)N[C@@H](CCCCN=C(NC(=O)OCc1ccccc1)NC(=O)OCc1ccccc1)CN(CC(=O)O)C(=O)Cn1cnc2c(=O)[nH]c(NC(=O)OCc3ccccc3)cc21. The van der Waals surface area contributed by atoms with E-state index in [1.807, 2.05) is 18.2 Å². The number of nitrogens with zero attached hydrogens (tertiary/aromatic N) is 4. The molecule has 21 heteroatoms. The van der Waals surface area contributed by atoms with Gasteiger partial charge in [0.05, 0.1) is 11.8 Å². The maximum atomic E-state index is 13.9. The van der Waals surface area contributed by atoms with Crippen molar-refractivity contribution >= 4 is 59.1 Å². The highest BCUT2D eigenvalue weighted by Gasteiger charge is 2.26. The van der Waals surface area contributed by atoms with Gasteiger partial charge in [0.15, 0.2) is 5.52 Å². The monoisotopic (exact) mass is 923 g/mol. The second-order valence-corrected chi connectivity index (χ2v) is 15.9. The normalized spacial score (nSPS) is 11.3. The number of carboxylic acids is 1. The number of unbranched alkanes of at least 4 members (excludes halogenated alkanes) is 1. The molecule has 0 saturated heterocycles. The topological polar surface area (TPSA) is 274 Å². The van der Waals surface area contributed by atoms with Crippen LogP contribution in [0, 0.1) is 0 Å². The maximum Gasteiger partial charge on any atom is 0.414 e. The van der Waals surface area contributed by atoms with Crippen LogP contribution < -0.4 is 26.8 Å². The largest absolute Gasteiger partial charge is 0.480 e. The molecule has 0 aliphatic carbocycles. The molecule has 2 heterocycles. The van der Waals surface area contributed by atoms with Crippen molar-refractivity contribution < 1.29 is 52.8 Å². The third kappa shape index (κ3) is 17.7. The number of H-pyrrole nitrogens is 1. The van der Waals surface area contributed by atoms with Gasteiger partial charge in [0.25, 0.3) is 5.56 Å². The number of benzene rings is 3. The van der Waals surface area contributed by atoms with Crippen molar-refractivity contribution in [2.75, 3.05) is 25.0 Å². The molecule has 0 unspecified atom stereocenters. The lowest BCUT2D eigenvalue weighted by Gasteiger charge is -2.28. The number of guanidine groups is 1. The summed E-state index contributed by atoms with van der Waals surface area (Å²) in [6, 6.07) is 27.4. The lowest BCUT2D eigenvalue weighted by Crippen LogP contribution is -2.49. The molecule has 0 radical (unpaired) electrons. The molecule has 1 atom stereocenters. The molecule has 5 rings (SSSR count). The lowest BCUT2D eigenvalue weighted by atomic mass is 10.1. The number of aromatic nitrogens is 3. The number of alkyl carbamates (subject to hydrolysis) is 3. The van der Waals surface area contributed by atoms with Gasteiger partial charge in [0.2, 0.25) is 11.9 Å². The number of hydrogen-bond donors (Lipinski definition) is 6. The van der Waals surface area contributed by atoms with Crippen LogP contribution in [0.2, 0.25) is 0 Å². The van der Waals surface area contributed by atoms with Crippen LogP contribution in [0.25, 0.3) is 11.0 Å². The Bertz CT molecular complexity index is 2480. The minimum absolute atomic E-state index is 0.0274. The smallest absolute Gasteiger partial charge is 0.414 e. The molecule has 2 aromatic heterocycles. The molecule has 5 amide bonds. The molecule has 0 fully saturated rings. The summed E-state index contributed by atoms with van der Waals surface area (Å²) in [5.41, 5.74) is 0.777. The van der Waals surface area contributed by atoms with E-state index in [9.17, 15) is 38.7 Å². The standard InChI is InChI=1S/C46H53N9O12/c1-46(2,3)67-45(63)49-34(21-13-14-22-47-41(52-43(61)65-28-32-17-9-5-10-18-32)53-44(62)66-29-33-19-11-6-12-20-33)24-54(26-38(57)58)37(56)25-55-30-48-39-35(55)23-36(50-40(39)59)51-42(60)64-27-31-15-7-4-8-16-31/h4-12,15-20,23,30,34H,13-14,21-22,24-29H2,1-3H3,(H,49,63)(H,57,58)(H2,50,51,59,60)(H2,47,52,53,61,62)/t34-/m0/s1. The summed E-state index contributed by atoms with van der Waals surface area (Å²) in [5.74, 6) is -2.30. The molecule has 5 aromatic rings. The van der Waals surface area contributed by atoms with Gasteiger partial charge >= 0.3 is 30.3 Å². The van der Waals surface area contributed by atoms with Crippen molar-refractivity contribution in [3.8, 4) is 0 Å². The van der Waals surface area contributed by atoms with Crippen LogP contribution in [0.15, 0.2) is 113 Å².